The predicted molar refractivity (Wildman–Crippen MR) is 112 cm³/mol. The molecule has 3 rings (SSSR count). The lowest BCUT2D eigenvalue weighted by molar-refractivity contribution is -0.138. The van der Waals surface area contributed by atoms with Crippen LogP contribution in [0.25, 0.3) is 6.08 Å². The van der Waals surface area contributed by atoms with Crippen LogP contribution in [0.1, 0.15) is 12.5 Å². The SMILES string of the molecule is CCOC(=O)C1=C(O)C(=Cc2cccc(Cl)c2)SC1=Nc1cccc(Cl)c1. The van der Waals surface area contributed by atoms with Crippen LogP contribution in [0.3, 0.4) is 0 Å². The molecule has 0 unspecified atom stereocenters. The van der Waals surface area contributed by atoms with Crippen LogP contribution in [0.5, 0.6) is 0 Å². The van der Waals surface area contributed by atoms with Gasteiger partial charge in [-0.15, -0.1) is 0 Å². The largest absolute Gasteiger partial charge is 0.506 e. The van der Waals surface area contributed by atoms with E-state index in [1.165, 1.54) is 11.8 Å². The second-order valence-electron chi connectivity index (χ2n) is 5.51. The van der Waals surface area contributed by atoms with E-state index < -0.39 is 5.97 Å². The first kappa shape index (κ1) is 19.5. The smallest absolute Gasteiger partial charge is 0.344 e. The molecule has 0 bridgehead atoms. The van der Waals surface area contributed by atoms with Crippen molar-refractivity contribution in [2.75, 3.05) is 6.61 Å². The Hall–Kier alpha value is -2.21. The summed E-state index contributed by atoms with van der Waals surface area (Å²) in [7, 11) is 0. The van der Waals surface area contributed by atoms with E-state index in [0.29, 0.717) is 25.7 Å². The normalized spacial score (nSPS) is 17.0. The molecular formula is C20H15Cl2NO3S. The molecule has 0 aromatic heterocycles. The number of halogens is 2. The molecule has 0 atom stereocenters. The molecule has 1 aliphatic heterocycles. The van der Waals surface area contributed by atoms with E-state index in [0.717, 1.165) is 5.56 Å². The van der Waals surface area contributed by atoms with Gasteiger partial charge in [0.05, 0.1) is 17.2 Å². The summed E-state index contributed by atoms with van der Waals surface area (Å²) >= 11 is 13.2. The van der Waals surface area contributed by atoms with Gasteiger partial charge in [0.1, 0.15) is 16.4 Å². The molecule has 0 radical (unpaired) electrons. The monoisotopic (exact) mass is 419 g/mol. The summed E-state index contributed by atoms with van der Waals surface area (Å²) in [6, 6.07) is 14.1. The maximum atomic E-state index is 12.4. The Balaban J connectivity index is 2.05. The number of hydrogen-bond donors (Lipinski definition) is 1. The first-order valence-electron chi connectivity index (χ1n) is 8.08. The van der Waals surface area contributed by atoms with Gasteiger partial charge in [0, 0.05) is 10.0 Å². The van der Waals surface area contributed by atoms with Gasteiger partial charge in [0.2, 0.25) is 0 Å². The van der Waals surface area contributed by atoms with Gasteiger partial charge in [-0.1, -0.05) is 53.2 Å². The minimum atomic E-state index is -0.627. The van der Waals surface area contributed by atoms with Crippen LogP contribution in [0.2, 0.25) is 10.0 Å². The zero-order valence-corrected chi connectivity index (χ0v) is 16.6. The molecule has 1 aliphatic rings. The Bertz CT molecular complexity index is 983. The molecule has 0 saturated heterocycles. The van der Waals surface area contributed by atoms with Crippen molar-refractivity contribution >= 4 is 57.7 Å². The molecule has 4 nitrogen and oxygen atoms in total. The lowest BCUT2D eigenvalue weighted by Crippen LogP contribution is -2.12. The van der Waals surface area contributed by atoms with E-state index in [1.54, 1.807) is 49.4 Å². The molecule has 2 aromatic carbocycles. The third-order valence-corrected chi connectivity index (χ3v) is 5.05. The van der Waals surface area contributed by atoms with E-state index in [-0.39, 0.29) is 17.9 Å². The van der Waals surface area contributed by atoms with Gasteiger partial charge < -0.3 is 9.84 Å². The maximum absolute atomic E-state index is 12.4. The molecule has 0 fully saturated rings. The topological polar surface area (TPSA) is 58.9 Å². The Kier molecular flexibility index (Phi) is 6.26. The molecule has 0 amide bonds. The number of nitrogens with zero attached hydrogens (tertiary/aromatic N) is 1. The lowest BCUT2D eigenvalue weighted by Gasteiger charge is -2.04. The van der Waals surface area contributed by atoms with Gasteiger partial charge in [-0.3, -0.25) is 0 Å². The van der Waals surface area contributed by atoms with Crippen LogP contribution in [-0.4, -0.2) is 22.7 Å². The number of hydrogen-bond acceptors (Lipinski definition) is 5. The number of aliphatic hydroxyl groups is 1. The average Bonchev–Trinajstić information content (AvgIpc) is 2.90. The molecule has 138 valence electrons. The minimum absolute atomic E-state index is 0.0371. The number of ether oxygens (including phenoxy) is 1. The minimum Gasteiger partial charge on any atom is -0.506 e. The summed E-state index contributed by atoms with van der Waals surface area (Å²) < 4.78 is 5.08. The quantitative estimate of drug-likeness (QED) is 0.600. The number of esters is 1. The third kappa shape index (κ3) is 4.75. The summed E-state index contributed by atoms with van der Waals surface area (Å²) in [5.74, 6) is -0.794. The zero-order valence-electron chi connectivity index (χ0n) is 14.3. The molecule has 1 N–H and O–H groups in total. The second-order valence-corrected chi connectivity index (χ2v) is 7.41. The van der Waals surface area contributed by atoms with Gasteiger partial charge >= 0.3 is 5.97 Å². The summed E-state index contributed by atoms with van der Waals surface area (Å²) in [5.41, 5.74) is 1.41. The van der Waals surface area contributed by atoms with Crippen LogP contribution < -0.4 is 0 Å². The van der Waals surface area contributed by atoms with Crippen molar-refractivity contribution in [2.24, 2.45) is 4.99 Å². The van der Waals surface area contributed by atoms with Crippen LogP contribution in [-0.2, 0) is 9.53 Å². The van der Waals surface area contributed by atoms with E-state index in [1.807, 2.05) is 12.1 Å². The number of thioether (sulfide) groups is 1. The maximum Gasteiger partial charge on any atom is 0.344 e. The molecule has 0 spiro atoms. The highest BCUT2D eigenvalue weighted by Gasteiger charge is 2.33. The first-order chi connectivity index (χ1) is 13.0. The van der Waals surface area contributed by atoms with Crippen LogP contribution in [0.15, 0.2) is 69.8 Å². The molecule has 1 heterocycles. The van der Waals surface area contributed by atoms with Gasteiger partial charge in [0.25, 0.3) is 0 Å². The molecule has 0 saturated carbocycles. The van der Waals surface area contributed by atoms with E-state index in [2.05, 4.69) is 4.99 Å². The number of carbonyl (C=O) groups is 1. The van der Waals surface area contributed by atoms with Crippen LogP contribution in [0, 0.1) is 0 Å². The average molecular weight is 420 g/mol. The highest BCUT2D eigenvalue weighted by molar-refractivity contribution is 8.18. The molecule has 27 heavy (non-hydrogen) atoms. The summed E-state index contributed by atoms with van der Waals surface area (Å²) in [6.07, 6.45) is 1.74. The highest BCUT2D eigenvalue weighted by atomic mass is 35.5. The van der Waals surface area contributed by atoms with Gasteiger partial charge in [-0.2, -0.15) is 0 Å². The highest BCUT2D eigenvalue weighted by Crippen LogP contribution is 2.40. The van der Waals surface area contributed by atoms with Crippen molar-refractivity contribution in [2.45, 2.75) is 6.92 Å². The van der Waals surface area contributed by atoms with Crippen LogP contribution >= 0.6 is 35.0 Å². The molecular weight excluding hydrogens is 405 g/mol. The number of aliphatic imine (C=N–C) groups is 1. The van der Waals surface area contributed by atoms with Gasteiger partial charge in [0.15, 0.2) is 0 Å². The predicted octanol–water partition coefficient (Wildman–Crippen LogP) is 6.19. The number of carbonyl (C=O) groups excluding carboxylic acids is 1. The molecule has 7 heteroatoms. The van der Waals surface area contributed by atoms with Gasteiger partial charge in [-0.05, 0) is 48.9 Å². The van der Waals surface area contributed by atoms with Crippen molar-refractivity contribution < 1.29 is 14.6 Å². The second kappa shape index (κ2) is 8.65. The number of benzene rings is 2. The van der Waals surface area contributed by atoms with Crippen molar-refractivity contribution in [3.63, 3.8) is 0 Å². The fourth-order valence-corrected chi connectivity index (χ4v) is 3.82. The van der Waals surface area contributed by atoms with Crippen molar-refractivity contribution in [1.29, 1.82) is 0 Å². The van der Waals surface area contributed by atoms with Crippen molar-refractivity contribution in [3.8, 4) is 0 Å². The van der Waals surface area contributed by atoms with Gasteiger partial charge in [-0.25, -0.2) is 9.79 Å². The van der Waals surface area contributed by atoms with E-state index >= 15 is 0 Å². The Morgan fingerprint density at radius 1 is 1.19 bits per heavy atom. The van der Waals surface area contributed by atoms with E-state index in [9.17, 15) is 9.90 Å². The molecule has 0 aliphatic carbocycles. The third-order valence-electron chi connectivity index (χ3n) is 3.56. The molecule has 2 aromatic rings. The van der Waals surface area contributed by atoms with E-state index in [4.69, 9.17) is 27.9 Å². The standard InChI is InChI=1S/C20H15Cl2NO3S/c1-2-26-20(25)17-18(24)16(10-12-5-3-6-13(21)9-12)27-19(17)23-15-8-4-7-14(22)11-15/h3-11,24H,2H2,1H3. The van der Waals surface area contributed by atoms with Crippen LogP contribution in [0.4, 0.5) is 5.69 Å². The Labute approximate surface area is 171 Å². The Morgan fingerprint density at radius 2 is 1.89 bits per heavy atom. The Morgan fingerprint density at radius 3 is 2.56 bits per heavy atom. The fourth-order valence-electron chi connectivity index (χ4n) is 2.40. The summed E-state index contributed by atoms with van der Waals surface area (Å²) in [4.78, 5) is 17.3. The number of rotatable bonds is 4. The summed E-state index contributed by atoms with van der Waals surface area (Å²) in [6.45, 7) is 1.90. The zero-order chi connectivity index (χ0) is 19.4. The van der Waals surface area contributed by atoms with Crippen molar-refractivity contribution in [3.05, 3.63) is 80.4 Å². The van der Waals surface area contributed by atoms with Crippen molar-refractivity contribution in [1.82, 2.24) is 0 Å². The lowest BCUT2D eigenvalue weighted by atomic mass is 10.1. The fraction of sp³-hybridized carbons (Fsp3) is 0.100. The summed E-state index contributed by atoms with van der Waals surface area (Å²) in [5, 5.41) is 12.1. The first-order valence-corrected chi connectivity index (χ1v) is 9.65. The number of aliphatic hydroxyl groups excluding tert-OH is 1.